The molecule has 0 bridgehead atoms. The van der Waals surface area contributed by atoms with E-state index < -0.39 is 0 Å². The fraction of sp³-hybridized carbons (Fsp3) is 0.222. The van der Waals surface area contributed by atoms with Gasteiger partial charge in [0.2, 0.25) is 0 Å². The van der Waals surface area contributed by atoms with Gasteiger partial charge in [0, 0.05) is 13.0 Å². The Bertz CT molecular complexity index is 576. The third-order valence-electron chi connectivity index (χ3n) is 3.73. The summed E-state index contributed by atoms with van der Waals surface area (Å²) in [6.45, 7) is 0.851. The van der Waals surface area contributed by atoms with Gasteiger partial charge in [-0.1, -0.05) is 48.5 Å². The lowest BCUT2D eigenvalue weighted by Crippen LogP contribution is -2.27. The van der Waals surface area contributed by atoms with Crippen molar-refractivity contribution < 1.29 is 0 Å². The molecule has 2 aromatic carbocycles. The fourth-order valence-corrected chi connectivity index (χ4v) is 2.83. The van der Waals surface area contributed by atoms with Crippen molar-refractivity contribution >= 4 is 0 Å². The first-order valence-electron chi connectivity index (χ1n) is 6.72. The number of hydrogen-bond donors (Lipinski definition) is 1. The van der Waals surface area contributed by atoms with Gasteiger partial charge in [-0.25, -0.2) is 0 Å². The van der Waals surface area contributed by atoms with Gasteiger partial charge in [-0.3, -0.25) is 0 Å². The van der Waals surface area contributed by atoms with Crippen molar-refractivity contribution in [1.29, 1.82) is 0 Å². The standard InChI is InChI=1S/C18H17N/c1-2-3-12-19-18-16-10-6-4-8-14(16)13-15-9-5-7-11-17(15)18/h1,4-11,18-19H,3,12-13H2. The minimum atomic E-state index is 0.273. The van der Waals surface area contributed by atoms with Gasteiger partial charge in [0.1, 0.15) is 0 Å². The maximum Gasteiger partial charge on any atom is 0.0582 e. The van der Waals surface area contributed by atoms with Crippen molar-refractivity contribution in [2.24, 2.45) is 0 Å². The molecule has 0 saturated carbocycles. The van der Waals surface area contributed by atoms with E-state index in [2.05, 4.69) is 59.8 Å². The largest absolute Gasteiger partial charge is 0.305 e. The first kappa shape index (κ1) is 12.0. The second-order valence-corrected chi connectivity index (χ2v) is 4.92. The van der Waals surface area contributed by atoms with Crippen LogP contribution in [0.3, 0.4) is 0 Å². The molecule has 0 unspecified atom stereocenters. The molecular formula is C18H17N. The highest BCUT2D eigenvalue weighted by atomic mass is 14.9. The van der Waals surface area contributed by atoms with E-state index in [0.717, 1.165) is 19.4 Å². The number of rotatable bonds is 3. The van der Waals surface area contributed by atoms with Gasteiger partial charge in [-0.2, -0.15) is 0 Å². The molecule has 3 rings (SSSR count). The van der Waals surface area contributed by atoms with Crippen molar-refractivity contribution in [1.82, 2.24) is 5.32 Å². The predicted molar refractivity (Wildman–Crippen MR) is 79.0 cm³/mol. The molecular weight excluding hydrogens is 230 g/mol. The molecule has 1 heteroatoms. The molecule has 0 radical (unpaired) electrons. The van der Waals surface area contributed by atoms with Crippen LogP contribution in [-0.4, -0.2) is 6.54 Å². The first-order chi connectivity index (χ1) is 9.40. The second-order valence-electron chi connectivity index (χ2n) is 4.92. The summed E-state index contributed by atoms with van der Waals surface area (Å²) >= 11 is 0. The smallest absolute Gasteiger partial charge is 0.0582 e. The van der Waals surface area contributed by atoms with E-state index >= 15 is 0 Å². The molecule has 0 spiro atoms. The summed E-state index contributed by atoms with van der Waals surface area (Å²) in [4.78, 5) is 0. The number of fused-ring (bicyclic) bond motifs is 2. The highest BCUT2D eigenvalue weighted by molar-refractivity contribution is 5.48. The van der Waals surface area contributed by atoms with Gasteiger partial charge >= 0.3 is 0 Å². The lowest BCUT2D eigenvalue weighted by Gasteiger charge is -2.29. The molecule has 0 saturated heterocycles. The highest BCUT2D eigenvalue weighted by Crippen LogP contribution is 2.34. The topological polar surface area (TPSA) is 12.0 Å². The van der Waals surface area contributed by atoms with Crippen LogP contribution in [0.2, 0.25) is 0 Å². The Kier molecular flexibility index (Phi) is 3.35. The molecule has 1 nitrogen and oxygen atoms in total. The average molecular weight is 247 g/mol. The Morgan fingerprint density at radius 1 is 1.00 bits per heavy atom. The van der Waals surface area contributed by atoms with E-state index in [4.69, 9.17) is 6.42 Å². The summed E-state index contributed by atoms with van der Waals surface area (Å²) in [6, 6.07) is 17.6. The number of benzene rings is 2. The van der Waals surface area contributed by atoms with Crippen molar-refractivity contribution in [2.45, 2.75) is 18.9 Å². The van der Waals surface area contributed by atoms with Gasteiger partial charge in [0.05, 0.1) is 6.04 Å². The van der Waals surface area contributed by atoms with Crippen LogP contribution in [0.1, 0.15) is 34.7 Å². The Balaban J connectivity index is 1.99. The molecule has 1 aliphatic rings. The maximum absolute atomic E-state index is 5.34. The predicted octanol–water partition coefficient (Wildman–Crippen LogP) is 3.29. The SMILES string of the molecule is C#CCCNC1c2ccccc2Cc2ccccc21. The van der Waals surface area contributed by atoms with E-state index in [1.807, 2.05) is 0 Å². The second kappa shape index (κ2) is 5.30. The van der Waals surface area contributed by atoms with E-state index in [9.17, 15) is 0 Å². The molecule has 0 atom stereocenters. The van der Waals surface area contributed by atoms with Crippen molar-refractivity contribution in [3.8, 4) is 12.3 Å². The Morgan fingerprint density at radius 3 is 2.16 bits per heavy atom. The third kappa shape index (κ3) is 2.28. The minimum absolute atomic E-state index is 0.273. The number of hydrogen-bond acceptors (Lipinski definition) is 1. The maximum atomic E-state index is 5.34. The van der Waals surface area contributed by atoms with Crippen LogP contribution in [-0.2, 0) is 6.42 Å². The molecule has 2 aromatic rings. The zero-order valence-corrected chi connectivity index (χ0v) is 10.9. The summed E-state index contributed by atoms with van der Waals surface area (Å²) in [5, 5.41) is 3.59. The fourth-order valence-electron chi connectivity index (χ4n) is 2.83. The molecule has 0 aliphatic heterocycles. The van der Waals surface area contributed by atoms with E-state index in [1.165, 1.54) is 22.3 Å². The summed E-state index contributed by atoms with van der Waals surface area (Å²) in [5.74, 6) is 2.69. The molecule has 0 heterocycles. The van der Waals surface area contributed by atoms with Crippen LogP contribution < -0.4 is 5.32 Å². The highest BCUT2D eigenvalue weighted by Gasteiger charge is 2.23. The lowest BCUT2D eigenvalue weighted by atomic mass is 9.82. The van der Waals surface area contributed by atoms with Gasteiger partial charge in [0.25, 0.3) is 0 Å². The van der Waals surface area contributed by atoms with Crippen LogP contribution in [0, 0.1) is 12.3 Å². The summed E-state index contributed by atoms with van der Waals surface area (Å²) in [6.07, 6.45) is 7.14. The van der Waals surface area contributed by atoms with Crippen LogP contribution in [0.4, 0.5) is 0 Å². The summed E-state index contributed by atoms with van der Waals surface area (Å²) < 4.78 is 0. The van der Waals surface area contributed by atoms with Crippen molar-refractivity contribution in [3.05, 3.63) is 70.8 Å². The zero-order valence-electron chi connectivity index (χ0n) is 10.9. The Morgan fingerprint density at radius 2 is 1.58 bits per heavy atom. The molecule has 0 fully saturated rings. The van der Waals surface area contributed by atoms with Gasteiger partial charge in [-0.05, 0) is 28.7 Å². The van der Waals surface area contributed by atoms with Crippen LogP contribution in [0.15, 0.2) is 48.5 Å². The van der Waals surface area contributed by atoms with Crippen molar-refractivity contribution in [3.63, 3.8) is 0 Å². The number of terminal acetylenes is 1. The van der Waals surface area contributed by atoms with Crippen LogP contribution in [0.5, 0.6) is 0 Å². The third-order valence-corrected chi connectivity index (χ3v) is 3.73. The molecule has 19 heavy (non-hydrogen) atoms. The molecule has 1 N–H and O–H groups in total. The van der Waals surface area contributed by atoms with Crippen LogP contribution >= 0.6 is 0 Å². The van der Waals surface area contributed by atoms with E-state index in [0.29, 0.717) is 0 Å². The Labute approximate surface area is 114 Å². The van der Waals surface area contributed by atoms with Crippen LogP contribution in [0.25, 0.3) is 0 Å². The molecule has 0 amide bonds. The molecule has 0 aromatic heterocycles. The average Bonchev–Trinajstić information content (AvgIpc) is 2.46. The normalized spacial score (nSPS) is 13.4. The van der Waals surface area contributed by atoms with E-state index in [-0.39, 0.29) is 6.04 Å². The monoisotopic (exact) mass is 247 g/mol. The zero-order chi connectivity index (χ0) is 13.1. The first-order valence-corrected chi connectivity index (χ1v) is 6.72. The summed E-state index contributed by atoms with van der Waals surface area (Å²) in [7, 11) is 0. The summed E-state index contributed by atoms with van der Waals surface area (Å²) in [5.41, 5.74) is 5.61. The van der Waals surface area contributed by atoms with Crippen molar-refractivity contribution in [2.75, 3.05) is 6.54 Å². The van der Waals surface area contributed by atoms with Gasteiger partial charge < -0.3 is 5.32 Å². The number of nitrogens with one attached hydrogen (secondary N) is 1. The minimum Gasteiger partial charge on any atom is -0.305 e. The van der Waals surface area contributed by atoms with E-state index in [1.54, 1.807) is 0 Å². The van der Waals surface area contributed by atoms with Gasteiger partial charge in [-0.15, -0.1) is 12.3 Å². The molecule has 94 valence electrons. The van der Waals surface area contributed by atoms with Gasteiger partial charge in [0.15, 0.2) is 0 Å². The quantitative estimate of drug-likeness (QED) is 0.648. The molecule has 1 aliphatic carbocycles. The Hall–Kier alpha value is -2.04. The lowest BCUT2D eigenvalue weighted by molar-refractivity contribution is 0.597.